The number of hydrogen-bond acceptors (Lipinski definition) is 4. The number of hydrogen-bond donors (Lipinski definition) is 2. The number of aliphatic imine (C=N–C) groups is 1. The van der Waals surface area contributed by atoms with Gasteiger partial charge in [0.15, 0.2) is 5.96 Å². The zero-order valence-corrected chi connectivity index (χ0v) is 17.7. The normalized spacial score (nSPS) is 11.0. The van der Waals surface area contributed by atoms with Gasteiger partial charge >= 0.3 is 0 Å². The van der Waals surface area contributed by atoms with Gasteiger partial charge in [-0.1, -0.05) is 6.92 Å². The van der Waals surface area contributed by atoms with Crippen molar-refractivity contribution < 1.29 is 9.47 Å². The van der Waals surface area contributed by atoms with Crippen LogP contribution in [-0.2, 0) is 6.54 Å². The van der Waals surface area contributed by atoms with Gasteiger partial charge in [0.25, 0.3) is 0 Å². The second-order valence-corrected chi connectivity index (χ2v) is 5.20. The van der Waals surface area contributed by atoms with Gasteiger partial charge in [0.2, 0.25) is 0 Å². The Morgan fingerprint density at radius 3 is 2.50 bits per heavy atom. The van der Waals surface area contributed by atoms with Gasteiger partial charge in [-0.3, -0.25) is 0 Å². The van der Waals surface area contributed by atoms with Gasteiger partial charge in [0, 0.05) is 31.3 Å². The van der Waals surface area contributed by atoms with Crippen LogP contribution in [0.1, 0.15) is 19.4 Å². The van der Waals surface area contributed by atoms with E-state index >= 15 is 0 Å². The summed E-state index contributed by atoms with van der Waals surface area (Å²) >= 11 is 0. The zero-order valence-electron chi connectivity index (χ0n) is 15.4. The first-order valence-corrected chi connectivity index (χ1v) is 8.06. The molecule has 0 bridgehead atoms. The van der Waals surface area contributed by atoms with E-state index in [-0.39, 0.29) is 24.0 Å². The molecule has 0 spiro atoms. The monoisotopic (exact) mass is 450 g/mol. The molecule has 0 radical (unpaired) electrons. The Bertz CT molecular complexity index is 497. The van der Waals surface area contributed by atoms with E-state index in [0.717, 1.165) is 49.2 Å². The smallest absolute Gasteiger partial charge is 0.191 e. The number of rotatable bonds is 9. The standard InChI is InChI=1S/C17H30N4O2.HI/c1-6-18-17(19-10-11-21(3)7-2)20-13-14-8-9-15(22-4)12-16(14)23-5;/h8-9,12H,6-7,10-11,13H2,1-5H3,(H2,18,19,20);1H. The van der Waals surface area contributed by atoms with Crippen molar-refractivity contribution >= 4 is 29.9 Å². The Labute approximate surface area is 163 Å². The van der Waals surface area contributed by atoms with E-state index in [1.54, 1.807) is 14.2 Å². The van der Waals surface area contributed by atoms with E-state index in [0.29, 0.717) is 6.54 Å². The van der Waals surface area contributed by atoms with Crippen LogP contribution in [0.5, 0.6) is 11.5 Å². The molecule has 138 valence electrons. The predicted molar refractivity (Wildman–Crippen MR) is 111 cm³/mol. The summed E-state index contributed by atoms with van der Waals surface area (Å²) in [5.74, 6) is 2.38. The fraction of sp³-hybridized carbons (Fsp3) is 0.588. The molecule has 0 atom stereocenters. The molecule has 1 aromatic rings. The van der Waals surface area contributed by atoms with E-state index in [4.69, 9.17) is 9.47 Å². The Hall–Kier alpha value is -1.22. The highest BCUT2D eigenvalue weighted by atomic mass is 127. The van der Waals surface area contributed by atoms with E-state index in [1.807, 2.05) is 18.2 Å². The number of nitrogens with one attached hydrogen (secondary N) is 2. The summed E-state index contributed by atoms with van der Waals surface area (Å²) in [7, 11) is 5.41. The van der Waals surface area contributed by atoms with Gasteiger partial charge in [-0.15, -0.1) is 24.0 Å². The summed E-state index contributed by atoms with van der Waals surface area (Å²) in [4.78, 5) is 6.88. The minimum atomic E-state index is 0. The van der Waals surface area contributed by atoms with Crippen LogP contribution in [-0.4, -0.2) is 58.3 Å². The molecule has 0 fully saturated rings. The number of likely N-dealkylation sites (N-methyl/N-ethyl adjacent to an activating group) is 1. The molecule has 24 heavy (non-hydrogen) atoms. The number of nitrogens with zero attached hydrogens (tertiary/aromatic N) is 2. The van der Waals surface area contributed by atoms with Gasteiger partial charge < -0.3 is 25.0 Å². The van der Waals surface area contributed by atoms with Crippen molar-refractivity contribution in [1.29, 1.82) is 0 Å². The SMILES string of the molecule is CCNC(=NCc1ccc(OC)cc1OC)NCCN(C)CC.I. The van der Waals surface area contributed by atoms with Crippen molar-refractivity contribution in [2.45, 2.75) is 20.4 Å². The number of benzene rings is 1. The summed E-state index contributed by atoms with van der Waals surface area (Å²) < 4.78 is 10.6. The van der Waals surface area contributed by atoms with Gasteiger partial charge in [0.05, 0.1) is 20.8 Å². The van der Waals surface area contributed by atoms with Crippen LogP contribution in [0.2, 0.25) is 0 Å². The van der Waals surface area contributed by atoms with Crippen LogP contribution in [0.4, 0.5) is 0 Å². The van der Waals surface area contributed by atoms with Crippen LogP contribution in [0.15, 0.2) is 23.2 Å². The summed E-state index contributed by atoms with van der Waals surface area (Å²) in [6.07, 6.45) is 0. The van der Waals surface area contributed by atoms with Crippen molar-refractivity contribution in [1.82, 2.24) is 15.5 Å². The van der Waals surface area contributed by atoms with Gasteiger partial charge in [-0.2, -0.15) is 0 Å². The number of guanidine groups is 1. The highest BCUT2D eigenvalue weighted by Crippen LogP contribution is 2.25. The fourth-order valence-electron chi connectivity index (χ4n) is 2.01. The first-order chi connectivity index (χ1) is 11.1. The molecule has 0 aliphatic carbocycles. The molecule has 2 N–H and O–H groups in total. The van der Waals surface area contributed by atoms with Crippen molar-refractivity contribution in [3.05, 3.63) is 23.8 Å². The Balaban J connectivity index is 0.00000529. The van der Waals surface area contributed by atoms with Crippen LogP contribution >= 0.6 is 24.0 Å². The quantitative estimate of drug-likeness (QED) is 0.344. The van der Waals surface area contributed by atoms with Crippen LogP contribution in [0.3, 0.4) is 0 Å². The third-order valence-corrected chi connectivity index (χ3v) is 3.57. The molecule has 0 saturated heterocycles. The lowest BCUT2D eigenvalue weighted by Gasteiger charge is -2.16. The third-order valence-electron chi connectivity index (χ3n) is 3.57. The molecule has 7 heteroatoms. The summed E-state index contributed by atoms with van der Waals surface area (Å²) in [6, 6.07) is 5.78. The van der Waals surface area contributed by atoms with Crippen molar-refractivity contribution in [2.24, 2.45) is 4.99 Å². The van der Waals surface area contributed by atoms with Crippen molar-refractivity contribution in [3.63, 3.8) is 0 Å². The number of methoxy groups -OCH3 is 2. The summed E-state index contributed by atoms with van der Waals surface area (Å²) in [6.45, 7) is 8.46. The van der Waals surface area contributed by atoms with E-state index in [2.05, 4.69) is 41.4 Å². The van der Waals surface area contributed by atoms with Gasteiger partial charge in [-0.05, 0) is 32.6 Å². The second-order valence-electron chi connectivity index (χ2n) is 5.20. The second kappa shape index (κ2) is 13.1. The molecule has 6 nitrogen and oxygen atoms in total. The van der Waals surface area contributed by atoms with Crippen LogP contribution in [0.25, 0.3) is 0 Å². The maximum atomic E-state index is 5.41. The first-order valence-electron chi connectivity index (χ1n) is 8.06. The molecule has 1 aromatic carbocycles. The molecule has 0 aliphatic heterocycles. The lowest BCUT2D eigenvalue weighted by molar-refractivity contribution is 0.357. The first kappa shape index (κ1) is 22.8. The van der Waals surface area contributed by atoms with E-state index < -0.39 is 0 Å². The fourth-order valence-corrected chi connectivity index (χ4v) is 2.01. The Morgan fingerprint density at radius 1 is 1.17 bits per heavy atom. The number of ether oxygens (including phenoxy) is 2. The van der Waals surface area contributed by atoms with Crippen LogP contribution < -0.4 is 20.1 Å². The number of halogens is 1. The Kier molecular flexibility index (Phi) is 12.4. The molecule has 1 rings (SSSR count). The molecular formula is C17H31IN4O2. The van der Waals surface area contributed by atoms with Crippen molar-refractivity contribution in [2.75, 3.05) is 47.4 Å². The maximum absolute atomic E-state index is 5.41. The molecule has 0 unspecified atom stereocenters. The topological polar surface area (TPSA) is 58.1 Å². The maximum Gasteiger partial charge on any atom is 0.191 e. The molecule has 0 amide bonds. The lowest BCUT2D eigenvalue weighted by Crippen LogP contribution is -2.40. The highest BCUT2D eigenvalue weighted by molar-refractivity contribution is 14.0. The molecule has 0 aliphatic rings. The lowest BCUT2D eigenvalue weighted by atomic mass is 10.2. The molecule has 0 aromatic heterocycles. The zero-order chi connectivity index (χ0) is 17.1. The van der Waals surface area contributed by atoms with E-state index in [1.165, 1.54) is 0 Å². The van der Waals surface area contributed by atoms with Crippen molar-refractivity contribution in [3.8, 4) is 11.5 Å². The van der Waals surface area contributed by atoms with Gasteiger partial charge in [-0.25, -0.2) is 4.99 Å². The average molecular weight is 450 g/mol. The van der Waals surface area contributed by atoms with Crippen LogP contribution in [0, 0.1) is 0 Å². The minimum Gasteiger partial charge on any atom is -0.497 e. The molecular weight excluding hydrogens is 419 g/mol. The summed E-state index contributed by atoms with van der Waals surface area (Å²) in [5.41, 5.74) is 1.02. The minimum absolute atomic E-state index is 0. The summed E-state index contributed by atoms with van der Waals surface area (Å²) in [5, 5.41) is 6.61. The van der Waals surface area contributed by atoms with Gasteiger partial charge in [0.1, 0.15) is 11.5 Å². The highest BCUT2D eigenvalue weighted by Gasteiger charge is 2.05. The molecule has 0 saturated carbocycles. The molecule has 0 heterocycles. The predicted octanol–water partition coefficient (Wildman–Crippen LogP) is 2.33. The third kappa shape index (κ3) is 8.05. The average Bonchev–Trinajstić information content (AvgIpc) is 2.59. The largest absolute Gasteiger partial charge is 0.497 e. The van der Waals surface area contributed by atoms with E-state index in [9.17, 15) is 0 Å². The Morgan fingerprint density at radius 2 is 1.92 bits per heavy atom.